The Bertz CT molecular complexity index is 490. The number of piperidine rings is 1. The summed E-state index contributed by atoms with van der Waals surface area (Å²) in [6, 6.07) is 3.74. The highest BCUT2D eigenvalue weighted by atomic mass is 32.1. The van der Waals surface area contributed by atoms with E-state index in [1.807, 2.05) is 17.0 Å². The number of aliphatic hydroxyl groups excluding tert-OH is 1. The Hall–Kier alpha value is -1.31. The number of carbonyl (C=O) groups excluding carboxylic acids is 1. The summed E-state index contributed by atoms with van der Waals surface area (Å²) < 4.78 is 0. The molecule has 19 heavy (non-hydrogen) atoms. The Morgan fingerprint density at radius 1 is 1.47 bits per heavy atom. The summed E-state index contributed by atoms with van der Waals surface area (Å²) in [5, 5.41) is 8.67. The van der Waals surface area contributed by atoms with Crippen LogP contribution in [0, 0.1) is 17.8 Å². The van der Waals surface area contributed by atoms with Crippen LogP contribution < -0.4 is 0 Å². The predicted molar refractivity (Wildman–Crippen MR) is 77.2 cm³/mol. The summed E-state index contributed by atoms with van der Waals surface area (Å²) >= 11 is 1.44. The zero-order valence-corrected chi connectivity index (χ0v) is 12.0. The van der Waals surface area contributed by atoms with E-state index in [2.05, 4.69) is 18.8 Å². The first kappa shape index (κ1) is 14.1. The minimum absolute atomic E-state index is 0.0795. The van der Waals surface area contributed by atoms with Crippen molar-refractivity contribution in [2.45, 2.75) is 26.2 Å². The van der Waals surface area contributed by atoms with Gasteiger partial charge in [0.25, 0.3) is 5.91 Å². The fourth-order valence-corrected chi connectivity index (χ4v) is 2.94. The molecule has 0 aliphatic carbocycles. The molecular weight excluding hydrogens is 258 g/mol. The van der Waals surface area contributed by atoms with Crippen LogP contribution in [0.4, 0.5) is 0 Å². The number of nitrogens with zero attached hydrogens (tertiary/aromatic N) is 1. The van der Waals surface area contributed by atoms with Crippen molar-refractivity contribution in [1.82, 2.24) is 4.90 Å². The topological polar surface area (TPSA) is 40.5 Å². The number of aliphatic hydroxyl groups is 1. The normalized spacial score (nSPS) is 16.0. The van der Waals surface area contributed by atoms with Crippen LogP contribution in [0.1, 0.15) is 40.7 Å². The molecule has 1 aliphatic heterocycles. The molecule has 1 saturated heterocycles. The average Bonchev–Trinajstić information content (AvgIpc) is 2.88. The number of thiophene rings is 1. The van der Waals surface area contributed by atoms with Crippen molar-refractivity contribution in [2.75, 3.05) is 19.7 Å². The van der Waals surface area contributed by atoms with Gasteiger partial charge in [-0.2, -0.15) is 0 Å². The first-order valence-electron chi connectivity index (χ1n) is 6.69. The van der Waals surface area contributed by atoms with Gasteiger partial charge in [-0.05, 0) is 30.9 Å². The monoisotopic (exact) mass is 277 g/mol. The predicted octanol–water partition coefficient (Wildman–Crippen LogP) is 2.35. The van der Waals surface area contributed by atoms with Gasteiger partial charge in [-0.25, -0.2) is 0 Å². The number of carbonyl (C=O) groups is 1. The molecule has 0 aromatic carbocycles. The highest BCUT2D eigenvalue weighted by molar-refractivity contribution is 7.14. The van der Waals surface area contributed by atoms with Gasteiger partial charge in [-0.3, -0.25) is 4.79 Å². The van der Waals surface area contributed by atoms with Crippen LogP contribution in [0.2, 0.25) is 0 Å². The van der Waals surface area contributed by atoms with Gasteiger partial charge >= 0.3 is 0 Å². The van der Waals surface area contributed by atoms with Crippen LogP contribution in [0.3, 0.4) is 0 Å². The minimum atomic E-state index is 0.0795. The van der Waals surface area contributed by atoms with Crippen molar-refractivity contribution in [3.8, 4) is 11.8 Å². The van der Waals surface area contributed by atoms with Gasteiger partial charge < -0.3 is 10.0 Å². The van der Waals surface area contributed by atoms with E-state index in [1.165, 1.54) is 11.3 Å². The van der Waals surface area contributed by atoms with Crippen molar-refractivity contribution >= 4 is 17.2 Å². The van der Waals surface area contributed by atoms with Gasteiger partial charge in [-0.1, -0.05) is 18.8 Å². The second-order valence-electron chi connectivity index (χ2n) is 4.91. The molecule has 2 heterocycles. The maximum absolute atomic E-state index is 12.3. The number of likely N-dealkylation sites (tertiary alicyclic amines) is 1. The first-order chi connectivity index (χ1) is 9.20. The van der Waals surface area contributed by atoms with Gasteiger partial charge in [0.05, 0.1) is 16.4 Å². The summed E-state index contributed by atoms with van der Waals surface area (Å²) in [5.41, 5.74) is 0. The van der Waals surface area contributed by atoms with Gasteiger partial charge in [0.2, 0.25) is 0 Å². The molecule has 1 aromatic heterocycles. The van der Waals surface area contributed by atoms with Crippen LogP contribution in [-0.2, 0) is 0 Å². The molecule has 0 atom stereocenters. The van der Waals surface area contributed by atoms with Gasteiger partial charge in [0, 0.05) is 19.5 Å². The number of hydrogen-bond acceptors (Lipinski definition) is 3. The fourth-order valence-electron chi connectivity index (χ4n) is 2.09. The smallest absolute Gasteiger partial charge is 0.263 e. The summed E-state index contributed by atoms with van der Waals surface area (Å²) in [7, 11) is 0. The minimum Gasteiger partial charge on any atom is -0.395 e. The van der Waals surface area contributed by atoms with Crippen molar-refractivity contribution in [3.63, 3.8) is 0 Å². The first-order valence-corrected chi connectivity index (χ1v) is 7.51. The Labute approximate surface area is 118 Å². The lowest BCUT2D eigenvalue weighted by Crippen LogP contribution is -2.37. The zero-order chi connectivity index (χ0) is 13.7. The molecule has 102 valence electrons. The fraction of sp³-hybridized carbons (Fsp3) is 0.533. The summed E-state index contributed by atoms with van der Waals surface area (Å²) in [6.07, 6.45) is 2.67. The van der Waals surface area contributed by atoms with Crippen molar-refractivity contribution in [2.24, 2.45) is 5.92 Å². The van der Waals surface area contributed by atoms with Gasteiger partial charge in [0.15, 0.2) is 0 Å². The lowest BCUT2D eigenvalue weighted by Gasteiger charge is -2.29. The molecule has 4 heteroatoms. The van der Waals surface area contributed by atoms with Crippen LogP contribution in [-0.4, -0.2) is 35.6 Å². The van der Waals surface area contributed by atoms with E-state index in [9.17, 15) is 4.79 Å². The van der Waals surface area contributed by atoms with Crippen molar-refractivity contribution < 1.29 is 9.90 Å². The highest BCUT2D eigenvalue weighted by Crippen LogP contribution is 2.22. The molecule has 1 aliphatic rings. The molecular formula is C15H19NO2S. The molecule has 1 aromatic rings. The van der Waals surface area contributed by atoms with E-state index in [0.29, 0.717) is 6.42 Å². The number of hydrogen-bond donors (Lipinski definition) is 1. The molecule has 1 amide bonds. The van der Waals surface area contributed by atoms with Crippen LogP contribution in [0.15, 0.2) is 12.1 Å². The lowest BCUT2D eigenvalue weighted by atomic mass is 9.99. The van der Waals surface area contributed by atoms with Crippen LogP contribution >= 0.6 is 11.3 Å². The van der Waals surface area contributed by atoms with E-state index in [-0.39, 0.29) is 12.5 Å². The Morgan fingerprint density at radius 3 is 2.89 bits per heavy atom. The Kier molecular flexibility index (Phi) is 5.00. The van der Waals surface area contributed by atoms with Crippen LogP contribution in [0.25, 0.3) is 0 Å². The maximum atomic E-state index is 12.3. The third-order valence-electron chi connectivity index (χ3n) is 3.34. The van der Waals surface area contributed by atoms with Crippen molar-refractivity contribution in [3.05, 3.63) is 21.9 Å². The third kappa shape index (κ3) is 3.82. The lowest BCUT2D eigenvalue weighted by molar-refractivity contribution is 0.0702. The largest absolute Gasteiger partial charge is 0.395 e. The summed E-state index contributed by atoms with van der Waals surface area (Å²) in [4.78, 5) is 15.9. The quantitative estimate of drug-likeness (QED) is 0.843. The van der Waals surface area contributed by atoms with E-state index >= 15 is 0 Å². The molecule has 1 N–H and O–H groups in total. The highest BCUT2D eigenvalue weighted by Gasteiger charge is 2.22. The third-order valence-corrected chi connectivity index (χ3v) is 4.32. The van der Waals surface area contributed by atoms with Crippen molar-refractivity contribution in [1.29, 1.82) is 0 Å². The number of amides is 1. The standard InChI is InChI=1S/C15H19NO2S/c1-12-7-9-16(10-8-12)15(18)14-6-5-13(19-14)4-2-3-11-17/h5-6,12,17H,3,7-11H2,1H3. The summed E-state index contributed by atoms with van der Waals surface area (Å²) in [5.74, 6) is 6.70. The van der Waals surface area contributed by atoms with E-state index in [1.54, 1.807) is 0 Å². The van der Waals surface area contributed by atoms with Gasteiger partial charge in [0.1, 0.15) is 0 Å². The maximum Gasteiger partial charge on any atom is 0.263 e. The SMILES string of the molecule is CC1CCN(C(=O)c2ccc(C#CCCO)s2)CC1. The molecule has 3 nitrogen and oxygen atoms in total. The molecule has 2 rings (SSSR count). The van der Waals surface area contributed by atoms with E-state index < -0.39 is 0 Å². The molecule has 0 radical (unpaired) electrons. The Morgan fingerprint density at radius 2 is 2.21 bits per heavy atom. The zero-order valence-electron chi connectivity index (χ0n) is 11.2. The molecule has 0 bridgehead atoms. The average molecular weight is 277 g/mol. The van der Waals surface area contributed by atoms with Gasteiger partial charge in [-0.15, -0.1) is 11.3 Å². The van der Waals surface area contributed by atoms with E-state index in [0.717, 1.165) is 41.6 Å². The molecule has 0 saturated carbocycles. The molecule has 0 unspecified atom stereocenters. The summed E-state index contributed by atoms with van der Waals surface area (Å²) in [6.45, 7) is 4.05. The number of rotatable bonds is 2. The molecule has 0 spiro atoms. The molecule has 1 fully saturated rings. The Balaban J connectivity index is 1.98. The second kappa shape index (κ2) is 6.74. The van der Waals surface area contributed by atoms with Crippen LogP contribution in [0.5, 0.6) is 0 Å². The van der Waals surface area contributed by atoms with E-state index in [4.69, 9.17) is 5.11 Å². The second-order valence-corrected chi connectivity index (χ2v) is 6.00.